The number of aliphatic carboxylic acids is 2. The number of hydrogen-bond donors (Lipinski definition) is 3. The number of carbonyl (C=O) groups excluding carboxylic acids is 2. The lowest BCUT2D eigenvalue weighted by Crippen LogP contribution is -2.42. The molecule has 1 fully saturated rings. The highest BCUT2D eigenvalue weighted by molar-refractivity contribution is 8.77. The molecule has 0 saturated carbocycles. The number of nitrogens with one attached hydrogen (secondary N) is 1. The number of amides is 1. The van der Waals surface area contributed by atoms with Crippen LogP contribution in [0.15, 0.2) is 0 Å². The van der Waals surface area contributed by atoms with Gasteiger partial charge in [0, 0.05) is 36.2 Å². The Kier molecular flexibility index (Phi) is 10.7. The number of unbranched alkanes of at least 4 members (excludes halogenated alkanes) is 1. The van der Waals surface area contributed by atoms with Crippen molar-refractivity contribution in [1.29, 1.82) is 0 Å². The molecule has 1 amide bonds. The zero-order valence-electron chi connectivity index (χ0n) is 14.9. The van der Waals surface area contributed by atoms with Gasteiger partial charge >= 0.3 is 11.9 Å². The van der Waals surface area contributed by atoms with E-state index in [1.807, 2.05) is 21.6 Å². The molecule has 1 saturated heterocycles. The summed E-state index contributed by atoms with van der Waals surface area (Å²) in [6.07, 6.45) is 4.14. The quantitative estimate of drug-likeness (QED) is 0.316. The van der Waals surface area contributed by atoms with Crippen LogP contribution in [0.4, 0.5) is 0 Å². The third kappa shape index (κ3) is 9.47. The number of carboxylic acids is 2. The van der Waals surface area contributed by atoms with Crippen molar-refractivity contribution in [3.63, 3.8) is 0 Å². The van der Waals surface area contributed by atoms with E-state index in [1.54, 1.807) is 0 Å². The van der Waals surface area contributed by atoms with E-state index in [0.717, 1.165) is 19.3 Å². The maximum absolute atomic E-state index is 12.2. The van der Waals surface area contributed by atoms with Crippen LogP contribution < -0.4 is 5.32 Å². The van der Waals surface area contributed by atoms with Gasteiger partial charge in [-0.25, -0.2) is 0 Å². The van der Waals surface area contributed by atoms with Gasteiger partial charge in [-0.15, -0.1) is 0 Å². The van der Waals surface area contributed by atoms with E-state index < -0.39 is 29.8 Å². The van der Waals surface area contributed by atoms with Crippen molar-refractivity contribution >= 4 is 45.2 Å². The van der Waals surface area contributed by atoms with Gasteiger partial charge in [-0.05, 0) is 32.6 Å². The molecule has 0 bridgehead atoms. The largest absolute Gasteiger partial charge is 0.481 e. The summed E-state index contributed by atoms with van der Waals surface area (Å²) < 4.78 is 0. The van der Waals surface area contributed by atoms with Crippen molar-refractivity contribution in [3.05, 3.63) is 0 Å². The molecular formula is C17H27NO6S2. The van der Waals surface area contributed by atoms with E-state index in [9.17, 15) is 19.2 Å². The molecule has 3 atom stereocenters. The van der Waals surface area contributed by atoms with E-state index in [0.29, 0.717) is 11.7 Å². The van der Waals surface area contributed by atoms with Gasteiger partial charge in [0.1, 0.15) is 11.8 Å². The molecule has 0 aliphatic carbocycles. The van der Waals surface area contributed by atoms with E-state index in [1.165, 1.54) is 19.1 Å². The van der Waals surface area contributed by atoms with Crippen LogP contribution in [-0.2, 0) is 19.2 Å². The van der Waals surface area contributed by atoms with Gasteiger partial charge < -0.3 is 15.5 Å². The zero-order chi connectivity index (χ0) is 19.5. The first-order valence-corrected chi connectivity index (χ1v) is 11.2. The second-order valence-corrected chi connectivity index (χ2v) is 9.30. The molecule has 0 radical (unpaired) electrons. The van der Waals surface area contributed by atoms with Crippen LogP contribution in [0, 0.1) is 5.92 Å². The van der Waals surface area contributed by atoms with Crippen molar-refractivity contribution in [2.75, 3.05) is 5.75 Å². The summed E-state index contributed by atoms with van der Waals surface area (Å²) in [5, 5.41) is 20.7. The van der Waals surface area contributed by atoms with E-state index >= 15 is 0 Å². The molecular weight excluding hydrogens is 378 g/mol. The molecule has 0 aromatic carbocycles. The lowest BCUT2D eigenvalue weighted by molar-refractivity contribution is -0.143. The van der Waals surface area contributed by atoms with Gasteiger partial charge in [-0.1, -0.05) is 28.0 Å². The van der Waals surface area contributed by atoms with E-state index in [4.69, 9.17) is 10.2 Å². The summed E-state index contributed by atoms with van der Waals surface area (Å²) in [5.74, 6) is -2.50. The molecule has 7 nitrogen and oxygen atoms in total. The van der Waals surface area contributed by atoms with Crippen LogP contribution in [0.5, 0.6) is 0 Å². The van der Waals surface area contributed by atoms with Crippen LogP contribution in [0.1, 0.15) is 58.3 Å². The SMILES string of the molecule is CC(NC(=O)C(CCC(=O)O)CC(=O)CCCCC1CCSS1)C(=O)O. The lowest BCUT2D eigenvalue weighted by atomic mass is 9.93. The average molecular weight is 406 g/mol. The van der Waals surface area contributed by atoms with Crippen molar-refractivity contribution in [2.45, 2.75) is 69.6 Å². The molecule has 0 aromatic heterocycles. The maximum atomic E-state index is 12.2. The Morgan fingerprint density at radius 3 is 2.46 bits per heavy atom. The van der Waals surface area contributed by atoms with E-state index in [2.05, 4.69) is 5.32 Å². The highest BCUT2D eigenvalue weighted by Crippen LogP contribution is 2.39. The molecule has 148 valence electrons. The predicted molar refractivity (Wildman–Crippen MR) is 102 cm³/mol. The summed E-state index contributed by atoms with van der Waals surface area (Å²) in [5.41, 5.74) is 0. The molecule has 1 rings (SSSR count). The first kappa shape index (κ1) is 22.8. The number of carboxylic acid groups (broad SMARTS) is 2. The van der Waals surface area contributed by atoms with Crippen LogP contribution in [0.3, 0.4) is 0 Å². The summed E-state index contributed by atoms with van der Waals surface area (Å²) >= 11 is 0. The fourth-order valence-corrected chi connectivity index (χ4v) is 5.68. The Balaban J connectivity index is 2.41. The summed E-state index contributed by atoms with van der Waals surface area (Å²) in [6, 6.07) is -1.08. The summed E-state index contributed by atoms with van der Waals surface area (Å²) in [6.45, 7) is 1.33. The minimum Gasteiger partial charge on any atom is -0.481 e. The number of ketones is 1. The fraction of sp³-hybridized carbons (Fsp3) is 0.765. The number of rotatable bonds is 13. The molecule has 26 heavy (non-hydrogen) atoms. The van der Waals surface area contributed by atoms with Crippen molar-refractivity contribution < 1.29 is 29.4 Å². The minimum absolute atomic E-state index is 0.0230. The Morgan fingerprint density at radius 2 is 1.88 bits per heavy atom. The first-order valence-electron chi connectivity index (χ1n) is 8.84. The van der Waals surface area contributed by atoms with Gasteiger partial charge in [0.05, 0.1) is 0 Å². The number of Topliss-reactive ketones (excluding diaryl/α,β-unsaturated/α-hetero) is 1. The molecule has 3 N–H and O–H groups in total. The van der Waals surface area contributed by atoms with Gasteiger partial charge in [0.2, 0.25) is 5.91 Å². The van der Waals surface area contributed by atoms with Crippen molar-refractivity contribution in [1.82, 2.24) is 5.32 Å². The number of carbonyl (C=O) groups is 4. The first-order chi connectivity index (χ1) is 12.3. The van der Waals surface area contributed by atoms with Gasteiger partial charge in [-0.3, -0.25) is 19.2 Å². The molecule has 1 aliphatic rings. The lowest BCUT2D eigenvalue weighted by Gasteiger charge is -2.17. The normalized spacial score (nSPS) is 18.9. The van der Waals surface area contributed by atoms with Crippen LogP contribution >= 0.6 is 21.6 Å². The maximum Gasteiger partial charge on any atom is 0.325 e. The molecule has 1 aliphatic heterocycles. The highest BCUT2D eigenvalue weighted by Gasteiger charge is 2.25. The Bertz CT molecular complexity index is 507. The van der Waals surface area contributed by atoms with Crippen LogP contribution in [0.25, 0.3) is 0 Å². The topological polar surface area (TPSA) is 121 Å². The average Bonchev–Trinajstić information content (AvgIpc) is 3.08. The third-order valence-electron chi connectivity index (χ3n) is 4.24. The molecule has 0 spiro atoms. The number of hydrogen-bond acceptors (Lipinski definition) is 6. The molecule has 9 heteroatoms. The Labute approximate surface area is 161 Å². The molecule has 0 aromatic rings. The standard InChI is InChI=1S/C17H27NO6S2/c1-11(17(23)24)18-16(22)12(6-7-15(20)21)10-13(19)4-2-3-5-14-8-9-25-26-14/h11-12,14H,2-10H2,1H3,(H,18,22)(H,20,21)(H,23,24). The van der Waals surface area contributed by atoms with Gasteiger partial charge in [0.25, 0.3) is 0 Å². The van der Waals surface area contributed by atoms with Crippen molar-refractivity contribution in [3.8, 4) is 0 Å². The predicted octanol–water partition coefficient (Wildman–Crippen LogP) is 2.73. The monoisotopic (exact) mass is 405 g/mol. The highest BCUT2D eigenvalue weighted by atomic mass is 33.1. The van der Waals surface area contributed by atoms with Crippen LogP contribution in [0.2, 0.25) is 0 Å². The Morgan fingerprint density at radius 1 is 1.15 bits per heavy atom. The Hall–Kier alpha value is -1.22. The second kappa shape index (κ2) is 12.2. The summed E-state index contributed by atoms with van der Waals surface area (Å²) in [7, 11) is 3.80. The van der Waals surface area contributed by atoms with Gasteiger partial charge in [-0.2, -0.15) is 0 Å². The van der Waals surface area contributed by atoms with Gasteiger partial charge in [0.15, 0.2) is 0 Å². The van der Waals surface area contributed by atoms with Crippen LogP contribution in [-0.4, -0.2) is 50.9 Å². The second-order valence-electron chi connectivity index (χ2n) is 6.52. The zero-order valence-corrected chi connectivity index (χ0v) is 16.6. The molecule has 1 heterocycles. The molecule has 3 unspecified atom stereocenters. The fourth-order valence-electron chi connectivity index (χ4n) is 2.65. The smallest absolute Gasteiger partial charge is 0.325 e. The summed E-state index contributed by atoms with van der Waals surface area (Å²) in [4.78, 5) is 46.0. The third-order valence-corrected chi connectivity index (χ3v) is 7.25. The van der Waals surface area contributed by atoms with E-state index in [-0.39, 0.29) is 25.0 Å². The minimum atomic E-state index is -1.18. The van der Waals surface area contributed by atoms with Crippen molar-refractivity contribution in [2.24, 2.45) is 5.92 Å².